The van der Waals surface area contributed by atoms with Crippen molar-refractivity contribution in [2.75, 3.05) is 0 Å². The number of aliphatic carboxylic acids is 1. The first-order valence-electron chi connectivity index (χ1n) is 5.25. The van der Waals surface area contributed by atoms with Gasteiger partial charge in [-0.2, -0.15) is 0 Å². The van der Waals surface area contributed by atoms with Crippen LogP contribution in [0.15, 0.2) is 17.5 Å². The lowest BCUT2D eigenvalue weighted by Gasteiger charge is -2.06. The Morgan fingerprint density at radius 2 is 2.24 bits per heavy atom. The van der Waals surface area contributed by atoms with Crippen molar-refractivity contribution in [1.82, 2.24) is 5.32 Å². The number of rotatable bonds is 5. The molecule has 0 bridgehead atoms. The van der Waals surface area contributed by atoms with Crippen LogP contribution in [0.3, 0.4) is 0 Å². The van der Waals surface area contributed by atoms with Gasteiger partial charge in [0.05, 0.1) is 6.54 Å². The van der Waals surface area contributed by atoms with Crippen molar-refractivity contribution in [3.63, 3.8) is 0 Å². The zero-order chi connectivity index (χ0) is 12.8. The van der Waals surface area contributed by atoms with Gasteiger partial charge in [0.15, 0.2) is 0 Å². The minimum atomic E-state index is -0.978. The summed E-state index contributed by atoms with van der Waals surface area (Å²) in [6.07, 6.45) is 2.63. The summed E-state index contributed by atoms with van der Waals surface area (Å²) in [7, 11) is 0. The maximum atomic E-state index is 11.4. The third-order valence-corrected chi connectivity index (χ3v) is 3.07. The van der Waals surface area contributed by atoms with E-state index in [-0.39, 0.29) is 11.8 Å². The average molecular weight is 253 g/mol. The minimum Gasteiger partial charge on any atom is -0.478 e. The number of carboxylic acid groups (broad SMARTS) is 1. The molecule has 0 radical (unpaired) electrons. The van der Waals surface area contributed by atoms with E-state index in [0.29, 0.717) is 6.54 Å². The number of thiophene rings is 1. The Morgan fingerprint density at radius 3 is 2.82 bits per heavy atom. The first-order chi connectivity index (χ1) is 8.00. The molecule has 0 saturated heterocycles. The van der Waals surface area contributed by atoms with Crippen LogP contribution in [0.2, 0.25) is 0 Å². The van der Waals surface area contributed by atoms with Crippen LogP contribution in [0.25, 0.3) is 6.08 Å². The van der Waals surface area contributed by atoms with Gasteiger partial charge in [-0.3, -0.25) is 4.79 Å². The van der Waals surface area contributed by atoms with Crippen LogP contribution in [0, 0.1) is 5.92 Å². The first-order valence-corrected chi connectivity index (χ1v) is 6.13. The molecule has 1 amide bonds. The van der Waals surface area contributed by atoms with Crippen LogP contribution in [-0.4, -0.2) is 17.0 Å². The Balaban J connectivity index is 2.63. The summed E-state index contributed by atoms with van der Waals surface area (Å²) in [6.45, 7) is 4.10. The Bertz CT molecular complexity index is 435. The molecule has 0 fully saturated rings. The van der Waals surface area contributed by atoms with Gasteiger partial charge in [-0.1, -0.05) is 13.8 Å². The summed E-state index contributed by atoms with van der Waals surface area (Å²) in [6, 6.07) is 1.83. The van der Waals surface area contributed by atoms with Gasteiger partial charge in [0.1, 0.15) is 0 Å². The lowest BCUT2D eigenvalue weighted by molar-refractivity contribution is -0.131. The SMILES string of the molecule is CC(C)C(=O)NCc1sccc1/C=C/C(=O)O. The second kappa shape index (κ2) is 6.20. The van der Waals surface area contributed by atoms with E-state index in [1.807, 2.05) is 25.3 Å². The molecule has 0 aliphatic rings. The monoisotopic (exact) mass is 253 g/mol. The number of carboxylic acids is 1. The molecule has 0 aliphatic heterocycles. The van der Waals surface area contributed by atoms with E-state index in [1.54, 1.807) is 0 Å². The number of hydrogen-bond donors (Lipinski definition) is 2. The molecule has 0 atom stereocenters. The fraction of sp³-hybridized carbons (Fsp3) is 0.333. The lowest BCUT2D eigenvalue weighted by Crippen LogP contribution is -2.26. The standard InChI is InChI=1S/C12H15NO3S/c1-8(2)12(16)13-7-10-9(5-6-17-10)3-4-11(14)15/h3-6,8H,7H2,1-2H3,(H,13,16)(H,14,15)/b4-3+. The van der Waals surface area contributed by atoms with Crippen LogP contribution >= 0.6 is 11.3 Å². The molecule has 0 aliphatic carbocycles. The third kappa shape index (κ3) is 4.40. The van der Waals surface area contributed by atoms with E-state index >= 15 is 0 Å². The summed E-state index contributed by atoms with van der Waals surface area (Å²) in [5.74, 6) is -1.03. The quantitative estimate of drug-likeness (QED) is 0.790. The zero-order valence-electron chi connectivity index (χ0n) is 9.77. The molecule has 1 heterocycles. The number of carbonyl (C=O) groups is 2. The predicted molar refractivity (Wildman–Crippen MR) is 67.7 cm³/mol. The number of hydrogen-bond acceptors (Lipinski definition) is 3. The summed E-state index contributed by atoms with van der Waals surface area (Å²) >= 11 is 1.50. The smallest absolute Gasteiger partial charge is 0.328 e. The van der Waals surface area contributed by atoms with Crippen molar-refractivity contribution < 1.29 is 14.7 Å². The molecule has 0 unspecified atom stereocenters. The zero-order valence-corrected chi connectivity index (χ0v) is 10.6. The molecule has 5 heteroatoms. The van der Waals surface area contributed by atoms with Crippen LogP contribution in [0.5, 0.6) is 0 Å². The predicted octanol–water partition coefficient (Wildman–Crippen LogP) is 2.12. The average Bonchev–Trinajstić information content (AvgIpc) is 2.70. The van der Waals surface area contributed by atoms with E-state index in [0.717, 1.165) is 16.5 Å². The summed E-state index contributed by atoms with van der Waals surface area (Å²) in [5, 5.41) is 13.2. The Morgan fingerprint density at radius 1 is 1.53 bits per heavy atom. The molecule has 1 aromatic rings. The highest BCUT2D eigenvalue weighted by atomic mass is 32.1. The van der Waals surface area contributed by atoms with Gasteiger partial charge in [-0.05, 0) is 23.1 Å². The van der Waals surface area contributed by atoms with E-state index < -0.39 is 5.97 Å². The van der Waals surface area contributed by atoms with E-state index in [1.165, 1.54) is 17.4 Å². The van der Waals surface area contributed by atoms with Crippen molar-refractivity contribution in [1.29, 1.82) is 0 Å². The van der Waals surface area contributed by atoms with Crippen LogP contribution in [0.4, 0.5) is 0 Å². The van der Waals surface area contributed by atoms with Crippen molar-refractivity contribution in [2.45, 2.75) is 20.4 Å². The maximum Gasteiger partial charge on any atom is 0.328 e. The van der Waals surface area contributed by atoms with Gasteiger partial charge in [0.25, 0.3) is 0 Å². The molecule has 0 aromatic carbocycles. The highest BCUT2D eigenvalue weighted by Crippen LogP contribution is 2.18. The van der Waals surface area contributed by atoms with Gasteiger partial charge in [-0.25, -0.2) is 4.79 Å². The highest BCUT2D eigenvalue weighted by Gasteiger charge is 2.08. The molecular formula is C12H15NO3S. The molecule has 0 saturated carbocycles. The molecule has 2 N–H and O–H groups in total. The maximum absolute atomic E-state index is 11.4. The van der Waals surface area contributed by atoms with Gasteiger partial charge in [0.2, 0.25) is 5.91 Å². The lowest BCUT2D eigenvalue weighted by atomic mass is 10.2. The molecule has 92 valence electrons. The highest BCUT2D eigenvalue weighted by molar-refractivity contribution is 7.10. The summed E-state index contributed by atoms with van der Waals surface area (Å²) in [4.78, 5) is 22.8. The van der Waals surface area contributed by atoms with E-state index in [9.17, 15) is 9.59 Å². The van der Waals surface area contributed by atoms with Crippen LogP contribution in [0.1, 0.15) is 24.3 Å². The topological polar surface area (TPSA) is 66.4 Å². The molecule has 0 spiro atoms. The van der Waals surface area contributed by atoms with E-state index in [2.05, 4.69) is 5.32 Å². The van der Waals surface area contributed by atoms with Gasteiger partial charge in [-0.15, -0.1) is 11.3 Å². The van der Waals surface area contributed by atoms with Crippen molar-refractivity contribution in [3.8, 4) is 0 Å². The Kier molecular flexibility index (Phi) is 4.90. The third-order valence-electron chi connectivity index (χ3n) is 2.13. The molecule has 17 heavy (non-hydrogen) atoms. The largest absolute Gasteiger partial charge is 0.478 e. The molecular weight excluding hydrogens is 238 g/mol. The normalized spacial score (nSPS) is 11.0. The molecule has 1 rings (SSSR count). The van der Waals surface area contributed by atoms with Gasteiger partial charge in [0, 0.05) is 16.9 Å². The van der Waals surface area contributed by atoms with Gasteiger partial charge >= 0.3 is 5.97 Å². The van der Waals surface area contributed by atoms with Crippen LogP contribution in [-0.2, 0) is 16.1 Å². The Labute approximate surface area is 104 Å². The number of carbonyl (C=O) groups excluding carboxylic acids is 1. The van der Waals surface area contributed by atoms with Crippen molar-refractivity contribution in [3.05, 3.63) is 28.0 Å². The number of nitrogens with one attached hydrogen (secondary N) is 1. The fourth-order valence-corrected chi connectivity index (χ4v) is 1.98. The van der Waals surface area contributed by atoms with Crippen molar-refractivity contribution in [2.24, 2.45) is 5.92 Å². The van der Waals surface area contributed by atoms with E-state index in [4.69, 9.17) is 5.11 Å². The van der Waals surface area contributed by atoms with Crippen molar-refractivity contribution >= 4 is 29.3 Å². The minimum absolute atomic E-state index is 0.00781. The fourth-order valence-electron chi connectivity index (χ4n) is 1.18. The van der Waals surface area contributed by atoms with Crippen LogP contribution < -0.4 is 5.32 Å². The second-order valence-corrected chi connectivity index (χ2v) is 4.84. The molecule has 4 nitrogen and oxygen atoms in total. The number of amides is 1. The summed E-state index contributed by atoms with van der Waals surface area (Å²) in [5.41, 5.74) is 0.835. The summed E-state index contributed by atoms with van der Waals surface area (Å²) < 4.78 is 0. The molecule has 1 aromatic heterocycles. The Hall–Kier alpha value is -1.62. The second-order valence-electron chi connectivity index (χ2n) is 3.84. The first kappa shape index (κ1) is 13.4. The van der Waals surface area contributed by atoms with Gasteiger partial charge < -0.3 is 10.4 Å².